The fraction of sp³-hybridized carbons (Fsp3) is 0.233. The monoisotopic (exact) mass is 590 g/mol. The van der Waals surface area contributed by atoms with Crippen molar-refractivity contribution in [2.45, 2.75) is 26.4 Å². The van der Waals surface area contributed by atoms with E-state index in [1.165, 1.54) is 18.2 Å². The van der Waals surface area contributed by atoms with Crippen molar-refractivity contribution in [2.24, 2.45) is 11.7 Å². The zero-order chi connectivity index (χ0) is 27.7. The summed E-state index contributed by atoms with van der Waals surface area (Å²) in [7, 11) is 0. The number of furan rings is 1. The summed E-state index contributed by atoms with van der Waals surface area (Å²) in [4.78, 5) is 34.5. The Labute approximate surface area is 233 Å². The number of amides is 1. The molecular weight excluding hydrogens is 563 g/mol. The number of nitrogens with zero attached hydrogens (tertiary/aromatic N) is 3. The van der Waals surface area contributed by atoms with Crippen molar-refractivity contribution in [3.05, 3.63) is 110 Å². The molecule has 0 radical (unpaired) electrons. The second-order valence-corrected chi connectivity index (χ2v) is 10.7. The summed E-state index contributed by atoms with van der Waals surface area (Å²) < 4.78 is 22.5. The molecule has 3 aromatic carbocycles. The molecule has 7 nitrogen and oxygen atoms in total. The molecule has 2 heterocycles. The van der Waals surface area contributed by atoms with Crippen molar-refractivity contribution < 1.29 is 13.6 Å². The lowest BCUT2D eigenvalue weighted by Crippen LogP contribution is -2.43. The molecule has 200 valence electrons. The summed E-state index contributed by atoms with van der Waals surface area (Å²) in [5, 5.41) is 0.405. The topological polar surface area (TPSA) is 94.4 Å². The fourth-order valence-electron chi connectivity index (χ4n) is 4.92. The van der Waals surface area contributed by atoms with E-state index in [1.54, 1.807) is 33.7 Å². The van der Waals surface area contributed by atoms with E-state index in [9.17, 15) is 14.0 Å². The average molecular weight is 591 g/mol. The van der Waals surface area contributed by atoms with Crippen LogP contribution in [0.4, 0.5) is 4.39 Å². The quantitative estimate of drug-likeness (QED) is 0.243. The highest BCUT2D eigenvalue weighted by Crippen LogP contribution is 2.32. The summed E-state index contributed by atoms with van der Waals surface area (Å²) in [6, 6.07) is 20.1. The third kappa shape index (κ3) is 5.24. The predicted molar refractivity (Wildman–Crippen MR) is 153 cm³/mol. The Balaban J connectivity index is 1.76. The zero-order valence-electron chi connectivity index (χ0n) is 21.6. The molecule has 0 aliphatic carbocycles. The van der Waals surface area contributed by atoms with Gasteiger partial charge in [0.15, 0.2) is 0 Å². The smallest absolute Gasteiger partial charge is 0.297 e. The van der Waals surface area contributed by atoms with E-state index in [4.69, 9.17) is 15.1 Å². The summed E-state index contributed by atoms with van der Waals surface area (Å²) in [6.45, 7) is 4.63. The maximum Gasteiger partial charge on any atom is 0.297 e. The first-order valence-corrected chi connectivity index (χ1v) is 13.5. The molecule has 0 aliphatic heterocycles. The molecule has 0 fully saturated rings. The molecular formula is C30H28BrFN4O3. The summed E-state index contributed by atoms with van der Waals surface area (Å²) >= 11 is 3.42. The van der Waals surface area contributed by atoms with Gasteiger partial charge in [0.05, 0.1) is 12.6 Å². The van der Waals surface area contributed by atoms with Crippen molar-refractivity contribution in [3.8, 4) is 0 Å². The van der Waals surface area contributed by atoms with Crippen LogP contribution in [0, 0.1) is 11.7 Å². The van der Waals surface area contributed by atoms with E-state index in [0.29, 0.717) is 22.4 Å². The normalized spacial score (nSPS) is 12.4. The van der Waals surface area contributed by atoms with Gasteiger partial charge in [0.1, 0.15) is 22.7 Å². The van der Waals surface area contributed by atoms with Gasteiger partial charge in [0, 0.05) is 28.5 Å². The van der Waals surface area contributed by atoms with Gasteiger partial charge in [-0.3, -0.25) is 14.2 Å². The molecule has 5 aromatic rings. The molecule has 1 atom stereocenters. The van der Waals surface area contributed by atoms with Gasteiger partial charge >= 0.3 is 0 Å². The number of aromatic nitrogens is 2. The first-order chi connectivity index (χ1) is 18.8. The fourth-order valence-corrected chi connectivity index (χ4v) is 5.19. The SMILES string of the molecule is CC(C)[C@H](c1nc2c(oc3ccc(F)cc32)c(=O)n1Cc1ccccc1)N(CCN)C(=O)c1ccc(Br)cc1. The Hall–Kier alpha value is -3.82. The van der Waals surface area contributed by atoms with Crippen LogP contribution < -0.4 is 11.3 Å². The number of rotatable bonds is 8. The van der Waals surface area contributed by atoms with E-state index in [0.717, 1.165) is 10.0 Å². The second kappa shape index (κ2) is 11.1. The first kappa shape index (κ1) is 26.8. The standard InChI is InChI=1S/C30H28BrFN4O3/c1-18(2)26(35(15-14-33)29(37)20-8-10-21(31)11-9-20)28-34-25-23-16-22(32)12-13-24(23)39-27(25)30(38)36(28)17-19-6-4-3-5-7-19/h3-13,16,18,26H,14-15,17,33H2,1-2H3/t26-/m1/s1. The molecule has 0 aliphatic rings. The molecule has 5 rings (SSSR count). The lowest BCUT2D eigenvalue weighted by molar-refractivity contribution is 0.0612. The van der Waals surface area contributed by atoms with Crippen LogP contribution in [0.5, 0.6) is 0 Å². The van der Waals surface area contributed by atoms with E-state index in [2.05, 4.69) is 15.9 Å². The van der Waals surface area contributed by atoms with Crippen LogP contribution >= 0.6 is 15.9 Å². The van der Waals surface area contributed by atoms with Gasteiger partial charge in [0.25, 0.3) is 11.5 Å². The Kier molecular flexibility index (Phi) is 7.63. The maximum atomic E-state index is 14.2. The van der Waals surface area contributed by atoms with Gasteiger partial charge in [-0.1, -0.05) is 60.1 Å². The first-order valence-electron chi connectivity index (χ1n) is 12.7. The molecule has 0 bridgehead atoms. The highest BCUT2D eigenvalue weighted by Gasteiger charge is 2.33. The number of fused-ring (bicyclic) bond motifs is 3. The van der Waals surface area contributed by atoms with Crippen molar-refractivity contribution in [3.63, 3.8) is 0 Å². The van der Waals surface area contributed by atoms with Crippen LogP contribution in [0.15, 0.2) is 86.5 Å². The maximum absolute atomic E-state index is 14.2. The van der Waals surface area contributed by atoms with Gasteiger partial charge in [-0.05, 0) is 53.9 Å². The van der Waals surface area contributed by atoms with E-state index < -0.39 is 17.4 Å². The summed E-state index contributed by atoms with van der Waals surface area (Å²) in [6.07, 6.45) is 0. The molecule has 1 amide bonds. The Bertz CT molecular complexity index is 1700. The molecule has 39 heavy (non-hydrogen) atoms. The highest BCUT2D eigenvalue weighted by atomic mass is 79.9. The van der Waals surface area contributed by atoms with Crippen LogP contribution in [-0.4, -0.2) is 33.4 Å². The summed E-state index contributed by atoms with van der Waals surface area (Å²) in [5.74, 6) is -0.442. The minimum Gasteiger partial charge on any atom is -0.448 e. The lowest BCUT2D eigenvalue weighted by Gasteiger charge is -2.35. The number of benzene rings is 3. The minimum absolute atomic E-state index is 0.0439. The lowest BCUT2D eigenvalue weighted by atomic mass is 9.99. The van der Waals surface area contributed by atoms with E-state index in [1.807, 2.05) is 44.2 Å². The predicted octanol–water partition coefficient (Wildman–Crippen LogP) is 5.89. The summed E-state index contributed by atoms with van der Waals surface area (Å²) in [5.41, 5.74) is 7.65. The third-order valence-electron chi connectivity index (χ3n) is 6.70. The Morgan fingerprint density at radius 2 is 1.82 bits per heavy atom. The average Bonchev–Trinajstić information content (AvgIpc) is 3.29. The van der Waals surface area contributed by atoms with Crippen LogP contribution in [0.3, 0.4) is 0 Å². The molecule has 0 unspecified atom stereocenters. The minimum atomic E-state index is -0.607. The number of nitrogens with two attached hydrogens (primary N) is 1. The molecule has 2 aromatic heterocycles. The van der Waals surface area contributed by atoms with Crippen LogP contribution in [0.25, 0.3) is 22.1 Å². The van der Waals surface area contributed by atoms with Gasteiger partial charge in [-0.15, -0.1) is 0 Å². The Morgan fingerprint density at radius 1 is 1.10 bits per heavy atom. The molecule has 2 N–H and O–H groups in total. The van der Waals surface area contributed by atoms with Crippen LogP contribution in [0.2, 0.25) is 0 Å². The number of carbonyl (C=O) groups is 1. The van der Waals surface area contributed by atoms with Crippen LogP contribution in [0.1, 0.15) is 41.6 Å². The van der Waals surface area contributed by atoms with Gasteiger partial charge in [-0.25, -0.2) is 9.37 Å². The molecule has 0 saturated heterocycles. The zero-order valence-corrected chi connectivity index (χ0v) is 23.2. The molecule has 0 spiro atoms. The van der Waals surface area contributed by atoms with E-state index >= 15 is 0 Å². The van der Waals surface area contributed by atoms with E-state index in [-0.39, 0.29) is 42.6 Å². The number of hydrogen-bond donors (Lipinski definition) is 1. The number of hydrogen-bond acceptors (Lipinski definition) is 5. The number of carbonyl (C=O) groups excluding carboxylic acids is 1. The van der Waals surface area contributed by atoms with Crippen molar-refractivity contribution >= 4 is 43.9 Å². The molecule has 9 heteroatoms. The van der Waals surface area contributed by atoms with Crippen LogP contribution in [-0.2, 0) is 6.54 Å². The van der Waals surface area contributed by atoms with Crippen molar-refractivity contribution in [1.82, 2.24) is 14.5 Å². The van der Waals surface area contributed by atoms with Crippen molar-refractivity contribution in [2.75, 3.05) is 13.1 Å². The second-order valence-electron chi connectivity index (χ2n) is 9.75. The molecule has 0 saturated carbocycles. The largest absolute Gasteiger partial charge is 0.448 e. The van der Waals surface area contributed by atoms with Gasteiger partial charge in [-0.2, -0.15) is 0 Å². The van der Waals surface area contributed by atoms with Gasteiger partial charge in [0.2, 0.25) is 5.58 Å². The van der Waals surface area contributed by atoms with Crippen molar-refractivity contribution in [1.29, 1.82) is 0 Å². The third-order valence-corrected chi connectivity index (χ3v) is 7.23. The van der Waals surface area contributed by atoms with Gasteiger partial charge < -0.3 is 15.1 Å². The highest BCUT2D eigenvalue weighted by molar-refractivity contribution is 9.10. The number of halogens is 2. The Morgan fingerprint density at radius 3 is 2.49 bits per heavy atom.